The van der Waals surface area contributed by atoms with Gasteiger partial charge in [-0.3, -0.25) is 0 Å². The van der Waals surface area contributed by atoms with Gasteiger partial charge in [-0.05, 0) is 33.4 Å². The third-order valence-electron chi connectivity index (χ3n) is 1.65. The fraction of sp³-hybridized carbons (Fsp3) is 0. The molecule has 0 saturated heterocycles. The minimum Gasteiger partial charge on any atom is -0.397 e. The molecule has 2 aromatic rings. The van der Waals surface area contributed by atoms with Gasteiger partial charge in [0.15, 0.2) is 0 Å². The van der Waals surface area contributed by atoms with Gasteiger partial charge in [-0.15, -0.1) is 11.3 Å². The lowest BCUT2D eigenvalue weighted by molar-refractivity contribution is 1.74. The summed E-state index contributed by atoms with van der Waals surface area (Å²) in [5.74, 6) is 0. The molecule has 4 heteroatoms. The van der Waals surface area contributed by atoms with Crippen molar-refractivity contribution in [3.63, 3.8) is 0 Å². The zero-order valence-electron chi connectivity index (χ0n) is 5.97. The molecule has 12 heavy (non-hydrogen) atoms. The lowest BCUT2D eigenvalue weighted by Gasteiger charge is -2.00. The van der Waals surface area contributed by atoms with Crippen molar-refractivity contribution in [2.75, 3.05) is 5.73 Å². The highest BCUT2D eigenvalue weighted by molar-refractivity contribution is 9.10. The van der Waals surface area contributed by atoms with Gasteiger partial charge in [0, 0.05) is 9.86 Å². The van der Waals surface area contributed by atoms with Crippen LogP contribution >= 0.6 is 38.9 Å². The van der Waals surface area contributed by atoms with Crippen LogP contribution in [0.25, 0.3) is 10.1 Å². The molecule has 1 heterocycles. The van der Waals surface area contributed by atoms with Gasteiger partial charge in [0.25, 0.3) is 0 Å². The summed E-state index contributed by atoms with van der Waals surface area (Å²) < 4.78 is 2.16. The van der Waals surface area contributed by atoms with E-state index in [0.717, 1.165) is 14.6 Å². The number of nitrogens with two attached hydrogens (primary N) is 1. The zero-order valence-corrected chi connectivity index (χ0v) is 9.13. The molecule has 1 nitrogen and oxygen atoms in total. The highest BCUT2D eigenvalue weighted by atomic mass is 79.9. The van der Waals surface area contributed by atoms with Crippen molar-refractivity contribution in [1.29, 1.82) is 0 Å². The van der Waals surface area contributed by atoms with E-state index in [1.54, 1.807) is 11.3 Å². The summed E-state index contributed by atoms with van der Waals surface area (Å²) in [6.45, 7) is 0. The number of nitrogen functional groups attached to an aromatic ring is 1. The minimum absolute atomic E-state index is 0.620. The molecule has 0 aliphatic heterocycles. The summed E-state index contributed by atoms with van der Waals surface area (Å²) in [6.07, 6.45) is 0. The van der Waals surface area contributed by atoms with Crippen LogP contribution in [0.5, 0.6) is 0 Å². The molecule has 1 aromatic heterocycles. The van der Waals surface area contributed by atoms with Crippen molar-refractivity contribution in [2.24, 2.45) is 0 Å². The van der Waals surface area contributed by atoms with Crippen LogP contribution in [0.2, 0.25) is 5.02 Å². The van der Waals surface area contributed by atoms with Crippen LogP contribution in [0, 0.1) is 0 Å². The number of halogens is 2. The SMILES string of the molecule is Nc1cc(Br)c2sccc2c1Cl. The quantitative estimate of drug-likeness (QED) is 0.716. The molecular formula is C8H5BrClNS. The molecule has 1 aromatic carbocycles. The minimum atomic E-state index is 0.620. The normalized spacial score (nSPS) is 10.8. The summed E-state index contributed by atoms with van der Waals surface area (Å²) >= 11 is 11.1. The molecule has 0 saturated carbocycles. The molecule has 2 N–H and O–H groups in total. The van der Waals surface area contributed by atoms with E-state index in [2.05, 4.69) is 15.9 Å². The Morgan fingerprint density at radius 2 is 2.25 bits per heavy atom. The van der Waals surface area contributed by atoms with E-state index in [0.29, 0.717) is 10.7 Å². The first-order valence-corrected chi connectivity index (χ1v) is 5.36. The van der Waals surface area contributed by atoms with Crippen molar-refractivity contribution in [2.45, 2.75) is 0 Å². The van der Waals surface area contributed by atoms with E-state index in [4.69, 9.17) is 17.3 Å². The van der Waals surface area contributed by atoms with Crippen molar-refractivity contribution in [3.8, 4) is 0 Å². The van der Waals surface area contributed by atoms with Gasteiger partial charge in [0.1, 0.15) is 0 Å². The van der Waals surface area contributed by atoms with Crippen LogP contribution in [0.3, 0.4) is 0 Å². The van der Waals surface area contributed by atoms with Crippen molar-refractivity contribution in [1.82, 2.24) is 0 Å². The first-order valence-electron chi connectivity index (χ1n) is 3.31. The maximum absolute atomic E-state index is 6.00. The largest absolute Gasteiger partial charge is 0.397 e. The Hall–Kier alpha value is -0.250. The Kier molecular flexibility index (Phi) is 2.02. The Bertz CT molecular complexity index is 438. The predicted octanol–water partition coefficient (Wildman–Crippen LogP) is 3.90. The second kappa shape index (κ2) is 2.91. The predicted molar refractivity (Wildman–Crippen MR) is 58.9 cm³/mol. The third-order valence-corrected chi connectivity index (χ3v) is 3.91. The van der Waals surface area contributed by atoms with Crippen molar-refractivity contribution in [3.05, 3.63) is 27.0 Å². The Morgan fingerprint density at radius 1 is 1.50 bits per heavy atom. The first-order chi connectivity index (χ1) is 5.70. The van der Waals surface area contributed by atoms with Crippen LogP contribution in [0.1, 0.15) is 0 Å². The molecule has 2 rings (SSSR count). The Balaban J connectivity index is 2.97. The molecule has 0 unspecified atom stereocenters. The van der Waals surface area contributed by atoms with Crippen LogP contribution < -0.4 is 5.73 Å². The van der Waals surface area contributed by atoms with Gasteiger partial charge in [-0.25, -0.2) is 0 Å². The monoisotopic (exact) mass is 261 g/mol. The maximum atomic E-state index is 6.00. The fourth-order valence-electron chi connectivity index (χ4n) is 1.09. The standard InChI is InChI=1S/C8H5BrClNS/c9-5-3-6(11)7(10)4-1-2-12-8(4)5/h1-3H,11H2. The number of hydrogen-bond acceptors (Lipinski definition) is 2. The number of thiophene rings is 1. The fourth-order valence-corrected chi connectivity index (χ4v) is 2.91. The van der Waals surface area contributed by atoms with E-state index in [1.165, 1.54) is 0 Å². The lowest BCUT2D eigenvalue weighted by Crippen LogP contribution is -1.85. The molecule has 0 spiro atoms. The van der Waals surface area contributed by atoms with Crippen LogP contribution in [0.15, 0.2) is 22.0 Å². The average Bonchev–Trinajstić information content (AvgIpc) is 2.48. The van der Waals surface area contributed by atoms with E-state index in [-0.39, 0.29) is 0 Å². The van der Waals surface area contributed by atoms with Crippen LogP contribution in [0.4, 0.5) is 5.69 Å². The molecule has 0 fully saturated rings. The maximum Gasteiger partial charge on any atom is 0.0723 e. The Morgan fingerprint density at radius 3 is 3.00 bits per heavy atom. The van der Waals surface area contributed by atoms with Gasteiger partial charge < -0.3 is 5.73 Å². The van der Waals surface area contributed by atoms with E-state index in [1.807, 2.05) is 17.5 Å². The van der Waals surface area contributed by atoms with Crippen LogP contribution in [-0.4, -0.2) is 0 Å². The first kappa shape index (κ1) is 8.35. The second-order valence-corrected chi connectivity index (χ2v) is 4.57. The summed E-state index contributed by atoms with van der Waals surface area (Å²) in [4.78, 5) is 0. The number of anilines is 1. The van der Waals surface area contributed by atoms with Crippen molar-refractivity contribution >= 4 is 54.6 Å². The number of hydrogen-bond donors (Lipinski definition) is 1. The highest BCUT2D eigenvalue weighted by Gasteiger charge is 2.07. The van der Waals surface area contributed by atoms with Gasteiger partial charge >= 0.3 is 0 Å². The number of rotatable bonds is 0. The van der Waals surface area contributed by atoms with Gasteiger partial charge in [-0.2, -0.15) is 0 Å². The molecule has 62 valence electrons. The average molecular weight is 263 g/mol. The molecule has 0 atom stereocenters. The summed E-state index contributed by atoms with van der Waals surface area (Å²) in [7, 11) is 0. The van der Waals surface area contributed by atoms with Crippen molar-refractivity contribution < 1.29 is 0 Å². The van der Waals surface area contributed by atoms with Gasteiger partial charge in [0.2, 0.25) is 0 Å². The van der Waals surface area contributed by atoms with E-state index < -0.39 is 0 Å². The van der Waals surface area contributed by atoms with Gasteiger partial charge in [-0.1, -0.05) is 11.6 Å². The summed E-state index contributed by atoms with van der Waals surface area (Å²) in [5, 5.41) is 3.67. The summed E-state index contributed by atoms with van der Waals surface area (Å²) in [5.41, 5.74) is 6.31. The van der Waals surface area contributed by atoms with Crippen LogP contribution in [-0.2, 0) is 0 Å². The lowest BCUT2D eigenvalue weighted by atomic mass is 10.2. The Labute approximate surface area is 87.3 Å². The third kappa shape index (κ3) is 1.13. The molecule has 0 aliphatic carbocycles. The topological polar surface area (TPSA) is 26.0 Å². The number of benzene rings is 1. The highest BCUT2D eigenvalue weighted by Crippen LogP contribution is 2.37. The molecule has 0 aliphatic rings. The number of fused-ring (bicyclic) bond motifs is 1. The summed E-state index contributed by atoms with van der Waals surface area (Å²) in [6, 6.07) is 3.81. The molecular weight excluding hydrogens is 258 g/mol. The van der Waals surface area contributed by atoms with E-state index >= 15 is 0 Å². The molecule has 0 bridgehead atoms. The second-order valence-electron chi connectivity index (χ2n) is 2.42. The molecule has 0 amide bonds. The molecule has 0 radical (unpaired) electrons. The zero-order chi connectivity index (χ0) is 8.72. The van der Waals surface area contributed by atoms with Gasteiger partial charge in [0.05, 0.1) is 15.4 Å². The van der Waals surface area contributed by atoms with E-state index in [9.17, 15) is 0 Å². The smallest absolute Gasteiger partial charge is 0.0723 e.